The molecule has 0 spiro atoms. The van der Waals surface area contributed by atoms with Gasteiger partial charge in [-0.15, -0.1) is 0 Å². The fourth-order valence-electron chi connectivity index (χ4n) is 1.53. The summed E-state index contributed by atoms with van der Waals surface area (Å²) in [4.78, 5) is 12.9. The molecule has 1 N–H and O–H groups in total. The van der Waals surface area contributed by atoms with Crippen molar-refractivity contribution in [3.05, 3.63) is 0 Å². The van der Waals surface area contributed by atoms with Gasteiger partial charge in [-0.25, -0.2) is 0 Å². The lowest BCUT2D eigenvalue weighted by Gasteiger charge is -2.48. The van der Waals surface area contributed by atoms with Gasteiger partial charge in [0.1, 0.15) is 5.54 Å². The summed E-state index contributed by atoms with van der Waals surface area (Å²) in [5, 5.41) is 8.96. The third-order valence-electron chi connectivity index (χ3n) is 3.17. The highest BCUT2D eigenvalue weighted by molar-refractivity contribution is 5.77. The Balaban J connectivity index is 2.47. The highest BCUT2D eigenvalue weighted by atomic mass is 16.4. The van der Waals surface area contributed by atoms with Crippen LogP contribution in [0.5, 0.6) is 0 Å². The van der Waals surface area contributed by atoms with Gasteiger partial charge in [0.05, 0.1) is 0 Å². The predicted molar refractivity (Wildman–Crippen MR) is 51.6 cm³/mol. The van der Waals surface area contributed by atoms with E-state index in [2.05, 4.69) is 13.8 Å². The van der Waals surface area contributed by atoms with Gasteiger partial charge in [-0.05, 0) is 25.7 Å². The first-order chi connectivity index (χ1) is 5.85. The first-order valence-electron chi connectivity index (χ1n) is 4.84. The molecule has 0 atom stereocenters. The molecule has 3 heteroatoms. The molecule has 0 unspecified atom stereocenters. The molecular weight excluding hydrogens is 166 g/mol. The highest BCUT2D eigenvalue weighted by Gasteiger charge is 2.42. The van der Waals surface area contributed by atoms with Gasteiger partial charge in [-0.2, -0.15) is 0 Å². The number of likely N-dealkylation sites (tertiary alicyclic amines) is 1. The molecule has 76 valence electrons. The van der Waals surface area contributed by atoms with E-state index in [1.165, 1.54) is 0 Å². The monoisotopic (exact) mass is 185 g/mol. The van der Waals surface area contributed by atoms with E-state index in [-0.39, 0.29) is 0 Å². The van der Waals surface area contributed by atoms with Gasteiger partial charge in [0.25, 0.3) is 0 Å². The standard InChI is InChI=1S/C10H19NO2/c1-7(2)8-5-11(6-8)10(3,4)9(12)13/h7-8H,5-6H2,1-4H3,(H,12,13). The molecule has 1 rings (SSSR count). The fraction of sp³-hybridized carbons (Fsp3) is 0.900. The van der Waals surface area contributed by atoms with Crippen LogP contribution >= 0.6 is 0 Å². The van der Waals surface area contributed by atoms with Crippen molar-refractivity contribution in [3.8, 4) is 0 Å². The molecule has 1 saturated heterocycles. The van der Waals surface area contributed by atoms with E-state index in [0.29, 0.717) is 11.8 Å². The van der Waals surface area contributed by atoms with Crippen molar-refractivity contribution in [2.45, 2.75) is 33.2 Å². The number of aliphatic carboxylic acids is 1. The normalized spacial score (nSPS) is 20.4. The van der Waals surface area contributed by atoms with Crippen LogP contribution in [0.2, 0.25) is 0 Å². The Kier molecular flexibility index (Phi) is 2.66. The maximum atomic E-state index is 10.9. The number of carboxylic acids is 1. The Labute approximate surface area is 79.7 Å². The minimum atomic E-state index is -0.727. The van der Waals surface area contributed by atoms with Gasteiger partial charge in [-0.1, -0.05) is 13.8 Å². The van der Waals surface area contributed by atoms with E-state index in [1.54, 1.807) is 13.8 Å². The van der Waals surface area contributed by atoms with Crippen LogP contribution in [-0.2, 0) is 4.79 Å². The summed E-state index contributed by atoms with van der Waals surface area (Å²) in [5.74, 6) is 0.620. The van der Waals surface area contributed by atoms with Crippen molar-refractivity contribution in [2.75, 3.05) is 13.1 Å². The van der Waals surface area contributed by atoms with Crippen molar-refractivity contribution in [2.24, 2.45) is 11.8 Å². The van der Waals surface area contributed by atoms with Crippen LogP contribution < -0.4 is 0 Å². The molecule has 1 aliphatic rings. The summed E-state index contributed by atoms with van der Waals surface area (Å²) < 4.78 is 0. The zero-order valence-electron chi connectivity index (χ0n) is 8.87. The van der Waals surface area contributed by atoms with Crippen molar-refractivity contribution in [1.82, 2.24) is 4.90 Å². The summed E-state index contributed by atoms with van der Waals surface area (Å²) in [7, 11) is 0. The molecular formula is C10H19NO2. The third kappa shape index (κ3) is 1.85. The summed E-state index contributed by atoms with van der Waals surface area (Å²) in [5.41, 5.74) is -0.689. The van der Waals surface area contributed by atoms with Crippen LogP contribution in [0.1, 0.15) is 27.7 Å². The minimum Gasteiger partial charge on any atom is -0.480 e. The Morgan fingerprint density at radius 1 is 1.46 bits per heavy atom. The summed E-state index contributed by atoms with van der Waals surface area (Å²) in [6, 6.07) is 0. The Morgan fingerprint density at radius 2 is 1.92 bits per heavy atom. The molecule has 0 radical (unpaired) electrons. The molecule has 0 saturated carbocycles. The summed E-state index contributed by atoms with van der Waals surface area (Å²) >= 11 is 0. The van der Waals surface area contributed by atoms with Crippen molar-refractivity contribution in [3.63, 3.8) is 0 Å². The van der Waals surface area contributed by atoms with Crippen LogP contribution in [-0.4, -0.2) is 34.6 Å². The SMILES string of the molecule is CC(C)C1CN(C(C)(C)C(=O)O)C1. The Hall–Kier alpha value is -0.570. The third-order valence-corrected chi connectivity index (χ3v) is 3.17. The zero-order chi connectivity index (χ0) is 10.2. The molecule has 3 nitrogen and oxygen atoms in total. The van der Waals surface area contributed by atoms with Crippen LogP contribution in [0.25, 0.3) is 0 Å². The van der Waals surface area contributed by atoms with Crippen molar-refractivity contribution >= 4 is 5.97 Å². The van der Waals surface area contributed by atoms with Gasteiger partial charge in [0, 0.05) is 13.1 Å². The molecule has 1 fully saturated rings. The lowest BCUT2D eigenvalue weighted by molar-refractivity contribution is -0.155. The quantitative estimate of drug-likeness (QED) is 0.723. The van der Waals surface area contributed by atoms with E-state index >= 15 is 0 Å². The molecule has 0 bridgehead atoms. The maximum absolute atomic E-state index is 10.9. The minimum absolute atomic E-state index is 0.667. The van der Waals surface area contributed by atoms with E-state index in [1.807, 2.05) is 4.90 Å². The molecule has 1 aliphatic heterocycles. The molecule has 0 aromatic carbocycles. The molecule has 0 aromatic heterocycles. The number of rotatable bonds is 3. The van der Waals surface area contributed by atoms with Crippen molar-refractivity contribution < 1.29 is 9.90 Å². The van der Waals surface area contributed by atoms with Gasteiger partial charge >= 0.3 is 5.97 Å². The second-order valence-electron chi connectivity index (χ2n) is 4.77. The number of carbonyl (C=O) groups is 1. The van der Waals surface area contributed by atoms with Crippen LogP contribution in [0.15, 0.2) is 0 Å². The Morgan fingerprint density at radius 3 is 2.23 bits per heavy atom. The predicted octanol–water partition coefficient (Wildman–Crippen LogP) is 1.44. The number of nitrogens with zero attached hydrogens (tertiary/aromatic N) is 1. The van der Waals surface area contributed by atoms with Gasteiger partial charge in [-0.3, -0.25) is 9.69 Å². The van der Waals surface area contributed by atoms with Gasteiger partial charge in [0.15, 0.2) is 0 Å². The molecule has 1 heterocycles. The topological polar surface area (TPSA) is 40.5 Å². The summed E-state index contributed by atoms with van der Waals surface area (Å²) in [6.45, 7) is 9.78. The van der Waals surface area contributed by atoms with E-state index in [0.717, 1.165) is 13.1 Å². The van der Waals surface area contributed by atoms with Gasteiger partial charge < -0.3 is 5.11 Å². The van der Waals surface area contributed by atoms with Crippen LogP contribution in [0, 0.1) is 11.8 Å². The lowest BCUT2D eigenvalue weighted by atomic mass is 9.84. The lowest BCUT2D eigenvalue weighted by Crippen LogP contribution is -2.61. The Bertz CT molecular complexity index is 205. The number of hydrogen-bond acceptors (Lipinski definition) is 2. The molecule has 0 aliphatic carbocycles. The average molecular weight is 185 g/mol. The second-order valence-corrected chi connectivity index (χ2v) is 4.77. The largest absolute Gasteiger partial charge is 0.480 e. The molecule has 0 amide bonds. The molecule has 0 aromatic rings. The van der Waals surface area contributed by atoms with E-state index in [4.69, 9.17) is 5.11 Å². The first-order valence-corrected chi connectivity index (χ1v) is 4.84. The smallest absolute Gasteiger partial charge is 0.323 e. The highest BCUT2D eigenvalue weighted by Crippen LogP contribution is 2.30. The van der Waals surface area contributed by atoms with Crippen molar-refractivity contribution in [1.29, 1.82) is 0 Å². The zero-order valence-corrected chi connectivity index (χ0v) is 8.87. The van der Waals surface area contributed by atoms with Crippen LogP contribution in [0.3, 0.4) is 0 Å². The fourth-order valence-corrected chi connectivity index (χ4v) is 1.53. The second kappa shape index (κ2) is 3.29. The van der Waals surface area contributed by atoms with Crippen LogP contribution in [0.4, 0.5) is 0 Å². The van der Waals surface area contributed by atoms with E-state index in [9.17, 15) is 4.79 Å². The maximum Gasteiger partial charge on any atom is 0.323 e. The summed E-state index contributed by atoms with van der Waals surface area (Å²) in [6.07, 6.45) is 0. The van der Waals surface area contributed by atoms with E-state index < -0.39 is 11.5 Å². The van der Waals surface area contributed by atoms with Gasteiger partial charge in [0.2, 0.25) is 0 Å². The first kappa shape index (κ1) is 10.5. The number of carboxylic acid groups (broad SMARTS) is 1. The average Bonchev–Trinajstić information content (AvgIpc) is 1.80. The molecule has 13 heavy (non-hydrogen) atoms. The number of hydrogen-bond donors (Lipinski definition) is 1.